The highest BCUT2D eigenvalue weighted by atomic mass is 15.3. The molecule has 1 aliphatic heterocycles. The summed E-state index contributed by atoms with van der Waals surface area (Å²) in [6.07, 6.45) is 3.87. The van der Waals surface area contributed by atoms with E-state index < -0.39 is 0 Å². The third kappa shape index (κ3) is 3.67. The third-order valence-electron chi connectivity index (χ3n) is 4.01. The van der Waals surface area contributed by atoms with Crippen molar-refractivity contribution in [2.45, 2.75) is 45.8 Å². The first kappa shape index (κ1) is 15.2. The Morgan fingerprint density at radius 3 is 2.45 bits per heavy atom. The first-order valence-electron chi connectivity index (χ1n) is 7.39. The van der Waals surface area contributed by atoms with Crippen molar-refractivity contribution in [2.75, 3.05) is 31.6 Å². The van der Waals surface area contributed by atoms with Gasteiger partial charge < -0.3 is 10.2 Å². The molecule has 0 unspecified atom stereocenters. The van der Waals surface area contributed by atoms with Crippen LogP contribution < -0.4 is 10.2 Å². The van der Waals surface area contributed by atoms with Gasteiger partial charge in [0.25, 0.3) is 0 Å². The molecule has 0 amide bonds. The summed E-state index contributed by atoms with van der Waals surface area (Å²) in [4.78, 5) is 13.7. The van der Waals surface area contributed by atoms with E-state index in [9.17, 15) is 0 Å². The van der Waals surface area contributed by atoms with E-state index in [0.29, 0.717) is 6.04 Å². The summed E-state index contributed by atoms with van der Waals surface area (Å²) >= 11 is 0. The van der Waals surface area contributed by atoms with Crippen molar-refractivity contribution >= 4 is 5.95 Å². The molecule has 2 heterocycles. The zero-order valence-corrected chi connectivity index (χ0v) is 13.3. The van der Waals surface area contributed by atoms with Crippen LogP contribution in [0.15, 0.2) is 12.4 Å². The lowest BCUT2D eigenvalue weighted by atomic mass is 10.0. The molecule has 1 fully saturated rings. The molecule has 20 heavy (non-hydrogen) atoms. The van der Waals surface area contributed by atoms with E-state index in [1.165, 1.54) is 0 Å². The molecule has 112 valence electrons. The number of nitrogens with zero attached hydrogens (tertiary/aromatic N) is 4. The highest BCUT2D eigenvalue weighted by Gasteiger charge is 2.31. The molecule has 0 saturated carbocycles. The Labute approximate surface area is 122 Å². The molecule has 0 radical (unpaired) electrons. The topological polar surface area (TPSA) is 44.3 Å². The molecule has 0 spiro atoms. The maximum Gasteiger partial charge on any atom is 0.225 e. The van der Waals surface area contributed by atoms with E-state index in [-0.39, 0.29) is 5.54 Å². The monoisotopic (exact) mass is 277 g/mol. The van der Waals surface area contributed by atoms with Gasteiger partial charge in [-0.15, -0.1) is 0 Å². The smallest absolute Gasteiger partial charge is 0.225 e. The van der Waals surface area contributed by atoms with Gasteiger partial charge in [0.2, 0.25) is 5.95 Å². The summed E-state index contributed by atoms with van der Waals surface area (Å²) in [5.41, 5.74) is 1.30. The fourth-order valence-electron chi connectivity index (χ4n) is 2.34. The van der Waals surface area contributed by atoms with Gasteiger partial charge in [-0.2, -0.15) is 0 Å². The second kappa shape index (κ2) is 6.06. The molecule has 0 bridgehead atoms. The molecule has 1 saturated heterocycles. The molecule has 0 aromatic carbocycles. The van der Waals surface area contributed by atoms with Crippen LogP contribution in [-0.2, 0) is 6.54 Å². The lowest BCUT2D eigenvalue weighted by molar-refractivity contribution is 0.138. The summed E-state index contributed by atoms with van der Waals surface area (Å²) in [5, 5.41) is 3.38. The predicted octanol–water partition coefficient (Wildman–Crippen LogP) is 1.50. The van der Waals surface area contributed by atoms with Gasteiger partial charge in [-0.3, -0.25) is 4.90 Å². The van der Waals surface area contributed by atoms with Crippen molar-refractivity contribution < 1.29 is 0 Å². The number of rotatable bonds is 4. The van der Waals surface area contributed by atoms with Crippen molar-refractivity contribution in [1.29, 1.82) is 0 Å². The molecule has 5 heteroatoms. The Balaban J connectivity index is 1.99. The maximum atomic E-state index is 4.53. The Morgan fingerprint density at radius 1 is 1.25 bits per heavy atom. The first-order chi connectivity index (χ1) is 9.38. The van der Waals surface area contributed by atoms with Crippen molar-refractivity contribution in [3.63, 3.8) is 0 Å². The maximum absolute atomic E-state index is 4.53. The summed E-state index contributed by atoms with van der Waals surface area (Å²) < 4.78 is 0. The summed E-state index contributed by atoms with van der Waals surface area (Å²) in [6.45, 7) is 12.6. The van der Waals surface area contributed by atoms with Gasteiger partial charge in [-0.25, -0.2) is 9.97 Å². The second-order valence-corrected chi connectivity index (χ2v) is 6.58. The summed E-state index contributed by atoms with van der Waals surface area (Å²) in [5.74, 6) is 0.847. The van der Waals surface area contributed by atoms with E-state index in [2.05, 4.69) is 59.8 Å². The molecule has 2 rings (SSSR count). The van der Waals surface area contributed by atoms with E-state index in [1.54, 1.807) is 0 Å². The van der Waals surface area contributed by atoms with Crippen LogP contribution in [0.5, 0.6) is 0 Å². The molecule has 1 aromatic rings. The van der Waals surface area contributed by atoms with Crippen LogP contribution >= 0.6 is 0 Å². The van der Waals surface area contributed by atoms with Crippen molar-refractivity contribution in [1.82, 2.24) is 20.2 Å². The van der Waals surface area contributed by atoms with Crippen LogP contribution in [0.3, 0.4) is 0 Å². The van der Waals surface area contributed by atoms with Crippen molar-refractivity contribution in [3.8, 4) is 0 Å². The Kier molecular flexibility index (Phi) is 4.60. The zero-order chi connectivity index (χ0) is 14.8. The average Bonchev–Trinajstić information content (AvgIpc) is 2.40. The third-order valence-corrected chi connectivity index (χ3v) is 4.01. The minimum Gasteiger partial charge on any atom is -0.338 e. The molecule has 1 aromatic heterocycles. The molecule has 1 N–H and O–H groups in total. The van der Waals surface area contributed by atoms with Crippen LogP contribution in [0.4, 0.5) is 5.95 Å². The van der Waals surface area contributed by atoms with Gasteiger partial charge in [0.1, 0.15) is 0 Å². The Morgan fingerprint density at radius 2 is 1.90 bits per heavy atom. The molecule has 0 atom stereocenters. The SMILES string of the molecule is CC(C)NCc1cnc(N2CCN(C)C(C)(C)C2)nc1. The zero-order valence-electron chi connectivity index (χ0n) is 13.3. The number of nitrogens with one attached hydrogen (secondary N) is 1. The molecular weight excluding hydrogens is 250 g/mol. The van der Waals surface area contributed by atoms with Crippen LogP contribution in [0, 0.1) is 0 Å². The minimum absolute atomic E-state index is 0.166. The van der Waals surface area contributed by atoms with Gasteiger partial charge in [-0.1, -0.05) is 13.8 Å². The highest BCUT2D eigenvalue weighted by Crippen LogP contribution is 2.21. The quantitative estimate of drug-likeness (QED) is 0.903. The number of hydrogen-bond donors (Lipinski definition) is 1. The number of hydrogen-bond acceptors (Lipinski definition) is 5. The number of likely N-dealkylation sites (N-methyl/N-ethyl adjacent to an activating group) is 1. The van der Waals surface area contributed by atoms with Gasteiger partial charge in [0, 0.05) is 55.7 Å². The lowest BCUT2D eigenvalue weighted by Crippen LogP contribution is -2.58. The van der Waals surface area contributed by atoms with E-state index >= 15 is 0 Å². The highest BCUT2D eigenvalue weighted by molar-refractivity contribution is 5.32. The van der Waals surface area contributed by atoms with Crippen LogP contribution in [-0.4, -0.2) is 53.1 Å². The van der Waals surface area contributed by atoms with Crippen molar-refractivity contribution in [2.24, 2.45) is 0 Å². The fourth-order valence-corrected chi connectivity index (χ4v) is 2.34. The molecule has 0 aliphatic carbocycles. The van der Waals surface area contributed by atoms with E-state index in [1.807, 2.05) is 12.4 Å². The number of piperazine rings is 1. The van der Waals surface area contributed by atoms with Gasteiger partial charge in [-0.05, 0) is 20.9 Å². The van der Waals surface area contributed by atoms with Crippen LogP contribution in [0.1, 0.15) is 33.3 Å². The van der Waals surface area contributed by atoms with Crippen molar-refractivity contribution in [3.05, 3.63) is 18.0 Å². The average molecular weight is 277 g/mol. The summed E-state index contributed by atoms with van der Waals surface area (Å²) in [6, 6.07) is 0.480. The predicted molar refractivity (Wildman–Crippen MR) is 82.9 cm³/mol. The first-order valence-corrected chi connectivity index (χ1v) is 7.39. The molecular formula is C15H27N5. The van der Waals surface area contributed by atoms with Crippen LogP contribution in [0.2, 0.25) is 0 Å². The van der Waals surface area contributed by atoms with E-state index in [4.69, 9.17) is 0 Å². The lowest BCUT2D eigenvalue weighted by Gasteiger charge is -2.45. The minimum atomic E-state index is 0.166. The Hall–Kier alpha value is -1.20. The molecule has 5 nitrogen and oxygen atoms in total. The van der Waals surface area contributed by atoms with Gasteiger partial charge in [0.15, 0.2) is 0 Å². The fraction of sp³-hybridized carbons (Fsp3) is 0.733. The van der Waals surface area contributed by atoms with E-state index in [0.717, 1.165) is 37.7 Å². The standard InChI is InChI=1S/C15H27N5/c1-12(2)16-8-13-9-17-14(18-10-13)20-7-6-19(5)15(3,4)11-20/h9-10,12,16H,6-8,11H2,1-5H3. The number of aromatic nitrogens is 2. The molecule has 1 aliphatic rings. The van der Waals surface area contributed by atoms with Crippen LogP contribution in [0.25, 0.3) is 0 Å². The largest absolute Gasteiger partial charge is 0.338 e. The van der Waals surface area contributed by atoms with Gasteiger partial charge >= 0.3 is 0 Å². The normalized spacial score (nSPS) is 19.6. The Bertz CT molecular complexity index is 426. The second-order valence-electron chi connectivity index (χ2n) is 6.58. The van der Waals surface area contributed by atoms with Gasteiger partial charge in [0.05, 0.1) is 0 Å². The number of anilines is 1. The summed E-state index contributed by atoms with van der Waals surface area (Å²) in [7, 11) is 2.18.